The number of pyridine rings is 1. The highest BCUT2D eigenvalue weighted by Crippen LogP contribution is 1.95. The van der Waals surface area contributed by atoms with Crippen molar-refractivity contribution >= 4 is 0 Å². The van der Waals surface area contributed by atoms with Gasteiger partial charge in [-0.3, -0.25) is 4.98 Å². The molecule has 1 rings (SSSR count). The van der Waals surface area contributed by atoms with E-state index in [4.69, 9.17) is 0 Å². The van der Waals surface area contributed by atoms with Crippen LogP contribution in [0.25, 0.3) is 0 Å². The fourth-order valence-corrected chi connectivity index (χ4v) is 0.528. The highest BCUT2D eigenvalue weighted by atomic mass is 16.5. The summed E-state index contributed by atoms with van der Waals surface area (Å²) in [4.78, 5) is 3.93. The lowest BCUT2D eigenvalue weighted by molar-refractivity contribution is 0.290. The van der Waals surface area contributed by atoms with E-state index in [-0.39, 0.29) is 0 Å². The maximum Gasteiger partial charge on any atom is 0.185 e. The average Bonchev–Trinajstić information content (AvgIpc) is 1.91. The van der Waals surface area contributed by atoms with E-state index >= 15 is 0 Å². The average molecular weight is 121 g/mol. The summed E-state index contributed by atoms with van der Waals surface area (Å²) in [5.41, 5.74) is 0.722. The van der Waals surface area contributed by atoms with Gasteiger partial charge >= 0.3 is 0 Å². The molecule has 0 bridgehead atoms. The van der Waals surface area contributed by atoms with E-state index in [9.17, 15) is 0 Å². The summed E-state index contributed by atoms with van der Waals surface area (Å²) in [5, 5.41) is 0. The molecule has 0 aliphatic heterocycles. The lowest BCUT2D eigenvalue weighted by Crippen LogP contribution is -1.85. The van der Waals surface area contributed by atoms with Crippen LogP contribution in [0.4, 0.5) is 0 Å². The first-order chi connectivity index (χ1) is 4.43. The summed E-state index contributed by atoms with van der Waals surface area (Å²) < 4.78 is 4.62. The van der Waals surface area contributed by atoms with Gasteiger partial charge in [0.25, 0.3) is 0 Å². The Balaban J connectivity index is 2.61. The molecular weight excluding hydrogens is 114 g/mol. The third kappa shape index (κ3) is 1.82. The number of methoxy groups -OCH3 is 1. The molecular formula is C7H7NO. The van der Waals surface area contributed by atoms with Gasteiger partial charge in [-0.05, 0) is 12.1 Å². The highest BCUT2D eigenvalue weighted by molar-refractivity contribution is 5.08. The molecule has 0 aromatic carbocycles. The minimum absolute atomic E-state index is 0.722. The summed E-state index contributed by atoms with van der Waals surface area (Å²) in [6, 6.07) is 5.55. The molecule has 0 amide bonds. The van der Waals surface area contributed by atoms with Crippen molar-refractivity contribution in [3.05, 3.63) is 36.7 Å². The first kappa shape index (κ1) is 6.23. The van der Waals surface area contributed by atoms with Gasteiger partial charge in [0.05, 0.1) is 5.69 Å². The van der Waals surface area contributed by atoms with Crippen LogP contribution in [0.5, 0.6) is 0 Å². The molecule has 0 atom stereocenters. The lowest BCUT2D eigenvalue weighted by Gasteiger charge is -1.91. The first-order valence-electron chi connectivity index (χ1n) is 2.63. The summed E-state index contributed by atoms with van der Waals surface area (Å²) in [5.74, 6) is 0. The summed E-state index contributed by atoms with van der Waals surface area (Å²) in [6.45, 7) is 2.60. The van der Waals surface area contributed by atoms with E-state index in [0.29, 0.717) is 0 Å². The Morgan fingerprint density at radius 3 is 3.00 bits per heavy atom. The predicted molar refractivity (Wildman–Crippen MR) is 33.6 cm³/mol. The molecule has 0 spiro atoms. The van der Waals surface area contributed by atoms with Gasteiger partial charge in [0, 0.05) is 13.3 Å². The Morgan fingerprint density at radius 2 is 2.44 bits per heavy atom. The van der Waals surface area contributed by atoms with E-state index in [1.807, 2.05) is 18.2 Å². The van der Waals surface area contributed by atoms with Crippen LogP contribution in [0.15, 0.2) is 24.4 Å². The first-order valence-corrected chi connectivity index (χ1v) is 2.63. The van der Waals surface area contributed by atoms with Gasteiger partial charge in [0.2, 0.25) is 0 Å². The normalized spacial score (nSPS) is 9.44. The quantitative estimate of drug-likeness (QED) is 0.584. The van der Waals surface area contributed by atoms with Gasteiger partial charge in [0.15, 0.2) is 6.61 Å². The summed E-state index contributed by atoms with van der Waals surface area (Å²) in [7, 11) is 1.55. The van der Waals surface area contributed by atoms with Crippen LogP contribution in [0, 0.1) is 6.61 Å². The van der Waals surface area contributed by atoms with E-state index in [1.54, 1.807) is 13.3 Å². The molecule has 1 aromatic heterocycles. The van der Waals surface area contributed by atoms with Crippen LogP contribution in [0.2, 0.25) is 0 Å². The summed E-state index contributed by atoms with van der Waals surface area (Å²) >= 11 is 0. The monoisotopic (exact) mass is 121 g/mol. The number of aromatic nitrogens is 1. The Morgan fingerprint density at radius 1 is 1.56 bits per heavy atom. The van der Waals surface area contributed by atoms with Crippen LogP contribution in [0.3, 0.4) is 0 Å². The third-order valence-corrected chi connectivity index (χ3v) is 0.872. The minimum atomic E-state index is 0.722. The van der Waals surface area contributed by atoms with Gasteiger partial charge in [0.1, 0.15) is 0 Å². The van der Waals surface area contributed by atoms with Crippen LogP contribution < -0.4 is 0 Å². The third-order valence-electron chi connectivity index (χ3n) is 0.872. The molecule has 0 aliphatic carbocycles. The highest BCUT2D eigenvalue weighted by Gasteiger charge is 1.89. The zero-order chi connectivity index (χ0) is 6.53. The molecule has 0 saturated heterocycles. The molecule has 46 valence electrons. The predicted octanol–water partition coefficient (Wildman–Crippen LogP) is 1.11. The van der Waals surface area contributed by atoms with Gasteiger partial charge in [-0.1, -0.05) is 6.07 Å². The Kier molecular flexibility index (Phi) is 2.22. The topological polar surface area (TPSA) is 22.1 Å². The maximum absolute atomic E-state index is 4.62. The molecule has 0 saturated carbocycles. The van der Waals surface area contributed by atoms with Crippen LogP contribution in [-0.2, 0) is 4.74 Å². The number of ether oxygens (including phenoxy) is 1. The Bertz CT molecular complexity index is 162. The van der Waals surface area contributed by atoms with Crippen LogP contribution in [0.1, 0.15) is 5.69 Å². The smallest absolute Gasteiger partial charge is 0.185 e. The van der Waals surface area contributed by atoms with Gasteiger partial charge in [-0.15, -0.1) is 0 Å². The van der Waals surface area contributed by atoms with Crippen molar-refractivity contribution in [2.45, 2.75) is 0 Å². The number of rotatable bonds is 2. The van der Waals surface area contributed by atoms with Crippen molar-refractivity contribution in [2.24, 2.45) is 0 Å². The molecule has 0 aliphatic rings. The van der Waals surface area contributed by atoms with E-state index < -0.39 is 0 Å². The number of hydrogen-bond acceptors (Lipinski definition) is 2. The SMILES string of the molecule is CO[C]c1ccccn1. The summed E-state index contributed by atoms with van der Waals surface area (Å²) in [6.07, 6.45) is 1.70. The van der Waals surface area contributed by atoms with Crippen LogP contribution >= 0.6 is 0 Å². The molecule has 9 heavy (non-hydrogen) atoms. The molecule has 0 unspecified atom stereocenters. The zero-order valence-electron chi connectivity index (χ0n) is 5.16. The molecule has 1 aromatic rings. The van der Waals surface area contributed by atoms with Crippen LogP contribution in [-0.4, -0.2) is 12.1 Å². The zero-order valence-corrected chi connectivity index (χ0v) is 5.16. The Hall–Kier alpha value is -0.890. The van der Waals surface area contributed by atoms with Crippen molar-refractivity contribution in [3.8, 4) is 0 Å². The van der Waals surface area contributed by atoms with Gasteiger partial charge in [-0.2, -0.15) is 0 Å². The fourth-order valence-electron chi connectivity index (χ4n) is 0.528. The number of nitrogens with zero attached hydrogens (tertiary/aromatic N) is 1. The molecule has 0 N–H and O–H groups in total. The van der Waals surface area contributed by atoms with Crippen molar-refractivity contribution in [2.75, 3.05) is 7.11 Å². The molecule has 2 nitrogen and oxygen atoms in total. The maximum atomic E-state index is 4.62. The fraction of sp³-hybridized carbons (Fsp3) is 0.143. The van der Waals surface area contributed by atoms with Crippen molar-refractivity contribution in [3.63, 3.8) is 0 Å². The van der Waals surface area contributed by atoms with Crippen molar-refractivity contribution in [1.82, 2.24) is 4.98 Å². The number of hydrogen-bond donors (Lipinski definition) is 0. The molecule has 2 heteroatoms. The second-order valence-corrected chi connectivity index (χ2v) is 1.52. The van der Waals surface area contributed by atoms with E-state index in [2.05, 4.69) is 16.3 Å². The van der Waals surface area contributed by atoms with E-state index in [0.717, 1.165) is 5.69 Å². The van der Waals surface area contributed by atoms with Crippen molar-refractivity contribution in [1.29, 1.82) is 0 Å². The molecule has 1 heterocycles. The minimum Gasteiger partial charge on any atom is -0.365 e. The molecule has 0 fully saturated rings. The Labute approximate surface area is 54.5 Å². The van der Waals surface area contributed by atoms with Gasteiger partial charge < -0.3 is 4.74 Å². The largest absolute Gasteiger partial charge is 0.365 e. The van der Waals surface area contributed by atoms with E-state index in [1.165, 1.54) is 0 Å². The second kappa shape index (κ2) is 3.20. The van der Waals surface area contributed by atoms with Gasteiger partial charge in [-0.25, -0.2) is 0 Å². The lowest BCUT2D eigenvalue weighted by atomic mass is 10.4. The van der Waals surface area contributed by atoms with Crippen molar-refractivity contribution < 1.29 is 4.74 Å². The standard InChI is InChI=1S/C7H7NO/c1-9-6-7-4-2-3-5-8-7/h2-5H,1H3. The molecule has 2 radical (unpaired) electrons. The second-order valence-electron chi connectivity index (χ2n) is 1.52.